The Labute approximate surface area is 86.9 Å². The summed E-state index contributed by atoms with van der Waals surface area (Å²) in [5, 5.41) is 8.99. The molecule has 0 bridgehead atoms. The third-order valence-corrected chi connectivity index (χ3v) is 2.02. The Morgan fingerprint density at radius 1 is 1.64 bits per heavy atom. The van der Waals surface area contributed by atoms with Gasteiger partial charge in [0.05, 0.1) is 11.1 Å². The van der Waals surface area contributed by atoms with Crippen LogP contribution in [0.1, 0.15) is 18.6 Å². The molecule has 0 aliphatic carbocycles. The molecule has 4 heteroatoms. The molecule has 74 valence electrons. The van der Waals surface area contributed by atoms with Crippen LogP contribution in [-0.4, -0.2) is 6.61 Å². The van der Waals surface area contributed by atoms with Crippen LogP contribution < -0.4 is 0 Å². The fourth-order valence-electron chi connectivity index (χ4n) is 1.08. The van der Waals surface area contributed by atoms with Gasteiger partial charge in [-0.3, -0.25) is 0 Å². The SMILES string of the molecule is CCOC(C#N)c1ccc(F)cc1Cl. The number of hydrogen-bond acceptors (Lipinski definition) is 2. The van der Waals surface area contributed by atoms with Crippen molar-refractivity contribution in [3.8, 4) is 6.07 Å². The summed E-state index contributed by atoms with van der Waals surface area (Å²) in [5.41, 5.74) is 0.498. The van der Waals surface area contributed by atoms with Crippen molar-refractivity contribution in [2.24, 2.45) is 0 Å². The van der Waals surface area contributed by atoms with Gasteiger partial charge in [-0.15, -0.1) is 0 Å². The summed E-state index contributed by atoms with van der Waals surface area (Å²) in [7, 11) is 0. The first-order chi connectivity index (χ1) is 6.69. The smallest absolute Gasteiger partial charge is 0.170 e. The highest BCUT2D eigenvalue weighted by Gasteiger charge is 2.14. The maximum atomic E-state index is 12.7. The van der Waals surface area contributed by atoms with E-state index in [1.807, 2.05) is 6.07 Å². The molecule has 1 rings (SSSR count). The Bertz CT molecular complexity index is 362. The molecule has 0 N–H and O–H groups in total. The zero-order valence-electron chi connectivity index (χ0n) is 7.63. The fraction of sp³-hybridized carbons (Fsp3) is 0.300. The third-order valence-electron chi connectivity index (χ3n) is 1.70. The quantitative estimate of drug-likeness (QED) is 0.773. The largest absolute Gasteiger partial charge is 0.359 e. The molecule has 1 atom stereocenters. The maximum absolute atomic E-state index is 12.7. The van der Waals surface area contributed by atoms with Gasteiger partial charge in [-0.05, 0) is 19.1 Å². The molecule has 0 spiro atoms. The standard InChI is InChI=1S/C10H9ClFNO/c1-2-14-10(6-13)8-4-3-7(12)5-9(8)11/h3-5,10H,2H2,1H3. The lowest BCUT2D eigenvalue weighted by molar-refractivity contribution is 0.102. The van der Waals surface area contributed by atoms with Crippen molar-refractivity contribution in [2.75, 3.05) is 6.61 Å². The van der Waals surface area contributed by atoms with E-state index < -0.39 is 11.9 Å². The normalized spacial score (nSPS) is 12.1. The molecule has 0 amide bonds. The van der Waals surface area contributed by atoms with Gasteiger partial charge in [-0.25, -0.2) is 4.39 Å². The number of ether oxygens (including phenoxy) is 1. The first kappa shape index (κ1) is 11.0. The number of halogens is 2. The van der Waals surface area contributed by atoms with E-state index in [1.165, 1.54) is 18.2 Å². The number of benzene rings is 1. The molecular formula is C10H9ClFNO. The van der Waals surface area contributed by atoms with Gasteiger partial charge in [-0.2, -0.15) is 5.26 Å². The van der Waals surface area contributed by atoms with Crippen LogP contribution >= 0.6 is 11.6 Å². The predicted octanol–water partition coefficient (Wildman–Crippen LogP) is 3.08. The number of nitrogens with zero attached hydrogens (tertiary/aromatic N) is 1. The zero-order chi connectivity index (χ0) is 10.6. The number of nitriles is 1. The van der Waals surface area contributed by atoms with E-state index >= 15 is 0 Å². The lowest BCUT2D eigenvalue weighted by Gasteiger charge is -2.10. The average molecular weight is 214 g/mol. The minimum absolute atomic E-state index is 0.213. The van der Waals surface area contributed by atoms with Gasteiger partial charge in [0, 0.05) is 12.2 Å². The van der Waals surface area contributed by atoms with Crippen LogP contribution in [-0.2, 0) is 4.74 Å². The second kappa shape index (κ2) is 4.94. The van der Waals surface area contributed by atoms with Crippen molar-refractivity contribution in [2.45, 2.75) is 13.0 Å². The Kier molecular flexibility index (Phi) is 3.87. The summed E-state index contributed by atoms with van der Waals surface area (Å²) in [6.07, 6.45) is -0.729. The van der Waals surface area contributed by atoms with Crippen LogP contribution in [0.5, 0.6) is 0 Å². The Morgan fingerprint density at radius 3 is 2.86 bits per heavy atom. The van der Waals surface area contributed by atoms with Crippen LogP contribution in [0.4, 0.5) is 4.39 Å². The number of rotatable bonds is 3. The van der Waals surface area contributed by atoms with Crippen LogP contribution in [0, 0.1) is 17.1 Å². The molecule has 0 aromatic heterocycles. The summed E-state index contributed by atoms with van der Waals surface area (Å²) in [6.45, 7) is 2.19. The molecule has 1 aromatic rings. The van der Waals surface area contributed by atoms with E-state index in [2.05, 4.69) is 0 Å². The topological polar surface area (TPSA) is 33.0 Å². The summed E-state index contributed by atoms with van der Waals surface area (Å²) in [6, 6.07) is 5.83. The highest BCUT2D eigenvalue weighted by atomic mass is 35.5. The Hall–Kier alpha value is -1.11. The maximum Gasteiger partial charge on any atom is 0.170 e. The molecule has 0 aliphatic rings. The molecule has 14 heavy (non-hydrogen) atoms. The zero-order valence-corrected chi connectivity index (χ0v) is 8.38. The van der Waals surface area contributed by atoms with Crippen molar-refractivity contribution < 1.29 is 9.13 Å². The molecule has 1 unspecified atom stereocenters. The van der Waals surface area contributed by atoms with Crippen molar-refractivity contribution in [1.29, 1.82) is 5.26 Å². The Morgan fingerprint density at radius 2 is 2.36 bits per heavy atom. The minimum Gasteiger partial charge on any atom is -0.359 e. The molecule has 0 fully saturated rings. The average Bonchev–Trinajstić information content (AvgIpc) is 2.15. The first-order valence-corrected chi connectivity index (χ1v) is 4.53. The monoisotopic (exact) mass is 213 g/mol. The van der Waals surface area contributed by atoms with Gasteiger partial charge in [0.15, 0.2) is 6.10 Å². The highest BCUT2D eigenvalue weighted by Crippen LogP contribution is 2.25. The van der Waals surface area contributed by atoms with E-state index in [0.717, 1.165) is 0 Å². The van der Waals surface area contributed by atoms with E-state index in [9.17, 15) is 4.39 Å². The molecule has 0 aliphatic heterocycles. The third kappa shape index (κ3) is 2.44. The lowest BCUT2D eigenvalue weighted by Crippen LogP contribution is -2.02. The van der Waals surface area contributed by atoms with E-state index in [-0.39, 0.29) is 5.02 Å². The highest BCUT2D eigenvalue weighted by molar-refractivity contribution is 6.31. The molecular weight excluding hydrogens is 205 g/mol. The van der Waals surface area contributed by atoms with E-state index in [1.54, 1.807) is 6.92 Å². The van der Waals surface area contributed by atoms with Crippen molar-refractivity contribution in [3.05, 3.63) is 34.6 Å². The fourth-order valence-corrected chi connectivity index (χ4v) is 1.34. The Balaban J connectivity index is 3.00. The molecule has 1 aromatic carbocycles. The summed E-state index contributed by atoms with van der Waals surface area (Å²) in [4.78, 5) is 0. The van der Waals surface area contributed by atoms with E-state index in [0.29, 0.717) is 12.2 Å². The van der Waals surface area contributed by atoms with Crippen LogP contribution in [0.3, 0.4) is 0 Å². The molecule has 0 radical (unpaired) electrons. The predicted molar refractivity (Wildman–Crippen MR) is 51.4 cm³/mol. The second-order valence-corrected chi connectivity index (χ2v) is 3.04. The van der Waals surface area contributed by atoms with Gasteiger partial charge in [0.2, 0.25) is 0 Å². The summed E-state index contributed by atoms with van der Waals surface area (Å²) >= 11 is 5.77. The van der Waals surface area contributed by atoms with Crippen LogP contribution in [0.25, 0.3) is 0 Å². The lowest BCUT2D eigenvalue weighted by atomic mass is 10.1. The van der Waals surface area contributed by atoms with Crippen molar-refractivity contribution in [3.63, 3.8) is 0 Å². The molecule has 0 saturated heterocycles. The summed E-state index contributed by atoms with van der Waals surface area (Å²) in [5.74, 6) is -0.424. The minimum atomic E-state index is -0.729. The van der Waals surface area contributed by atoms with Crippen LogP contribution in [0.15, 0.2) is 18.2 Å². The van der Waals surface area contributed by atoms with Gasteiger partial charge in [-0.1, -0.05) is 17.7 Å². The first-order valence-electron chi connectivity index (χ1n) is 4.15. The van der Waals surface area contributed by atoms with Gasteiger partial charge in [0.1, 0.15) is 5.82 Å². The summed E-state index contributed by atoms with van der Waals surface area (Å²) < 4.78 is 17.8. The van der Waals surface area contributed by atoms with E-state index in [4.69, 9.17) is 21.6 Å². The van der Waals surface area contributed by atoms with Crippen molar-refractivity contribution >= 4 is 11.6 Å². The van der Waals surface area contributed by atoms with Crippen LogP contribution in [0.2, 0.25) is 5.02 Å². The van der Waals surface area contributed by atoms with Gasteiger partial charge < -0.3 is 4.74 Å². The van der Waals surface area contributed by atoms with Gasteiger partial charge >= 0.3 is 0 Å². The van der Waals surface area contributed by atoms with Gasteiger partial charge in [0.25, 0.3) is 0 Å². The second-order valence-electron chi connectivity index (χ2n) is 2.63. The molecule has 0 saturated carbocycles. The molecule has 0 heterocycles. The molecule has 2 nitrogen and oxygen atoms in total. The van der Waals surface area contributed by atoms with Crippen molar-refractivity contribution in [1.82, 2.24) is 0 Å². The number of hydrogen-bond donors (Lipinski definition) is 0.